The Labute approximate surface area is 120 Å². The van der Waals surface area contributed by atoms with Crippen molar-refractivity contribution in [2.24, 2.45) is 0 Å². The van der Waals surface area contributed by atoms with E-state index in [9.17, 15) is 12.9 Å². The van der Waals surface area contributed by atoms with E-state index in [1.165, 1.54) is 4.90 Å². The van der Waals surface area contributed by atoms with Crippen LogP contribution >= 0.6 is 0 Å². The van der Waals surface area contributed by atoms with E-state index in [0.29, 0.717) is 0 Å². The topological polar surface area (TPSA) is 3.24 Å². The summed E-state index contributed by atoms with van der Waals surface area (Å²) in [5.41, 5.74) is 0. The summed E-state index contributed by atoms with van der Waals surface area (Å²) in [7, 11) is 1.57. The first-order valence-electron chi connectivity index (χ1n) is 4.40. The zero-order valence-electron chi connectivity index (χ0n) is 8.27. The fourth-order valence-corrected chi connectivity index (χ4v) is 1.82. The minimum Gasteiger partial charge on any atom is -0.448 e. The van der Waals surface area contributed by atoms with E-state index in [0.717, 1.165) is 25.7 Å². The Bertz CT molecular complexity index is 147. The second-order valence-corrected chi connectivity index (χ2v) is 3.59. The third kappa shape index (κ3) is 5.79. The molecular weight excluding hydrogens is 205 g/mol. The first-order chi connectivity index (χ1) is 5.49. The number of hydrogen-bond acceptors (Lipinski definition) is 1. The maximum absolute atomic E-state index is 12.0. The van der Waals surface area contributed by atoms with Gasteiger partial charge in [-0.25, -0.2) is 0 Å². The monoisotopic (exact) mass is 219 g/mol. The van der Waals surface area contributed by atoms with Gasteiger partial charge >= 0.3 is 58.4 Å². The van der Waals surface area contributed by atoms with Crippen molar-refractivity contribution in [3.8, 4) is 0 Å². The molecule has 1 saturated carbocycles. The first-order valence-corrected chi connectivity index (χ1v) is 4.40. The predicted octanol–water partition coefficient (Wildman–Crippen LogP) is -0.749. The van der Waals surface area contributed by atoms with Crippen molar-refractivity contribution in [3.63, 3.8) is 0 Å². The molecule has 0 amide bonds. The third-order valence-electron chi connectivity index (χ3n) is 2.44. The molecule has 1 aliphatic rings. The molecule has 13 heavy (non-hydrogen) atoms. The molecule has 0 unspecified atom stereocenters. The zero-order valence-corrected chi connectivity index (χ0v) is 11.4. The Kier molecular flexibility index (Phi) is 6.81. The average Bonchev–Trinajstić information content (AvgIpc) is 2.32. The van der Waals surface area contributed by atoms with E-state index in [-0.39, 0.29) is 57.4 Å². The van der Waals surface area contributed by atoms with Crippen molar-refractivity contribution >= 4 is 6.98 Å². The summed E-state index contributed by atoms with van der Waals surface area (Å²) in [6.45, 7) is -4.64. The molecule has 0 aromatic heterocycles. The minimum absolute atomic E-state index is 0. The number of hydrogen-bond donors (Lipinski definition) is 0. The zero-order chi connectivity index (χ0) is 9.19. The quantitative estimate of drug-likeness (QED) is 0.564. The maximum atomic E-state index is 12.0. The number of rotatable bonds is 3. The molecular formula is C7H14BF3KN. The van der Waals surface area contributed by atoms with Gasteiger partial charge in [0.1, 0.15) is 0 Å². The summed E-state index contributed by atoms with van der Waals surface area (Å²) in [5.74, 6) is 0. The smallest absolute Gasteiger partial charge is 0.448 e. The van der Waals surface area contributed by atoms with Crippen LogP contribution in [-0.4, -0.2) is 31.4 Å². The number of nitrogens with zero attached hydrogens (tertiary/aromatic N) is 1. The van der Waals surface area contributed by atoms with Gasteiger partial charge in [-0.15, -0.1) is 0 Å². The molecule has 0 saturated heterocycles. The Hall–Kier alpha value is 1.45. The van der Waals surface area contributed by atoms with E-state index < -0.39 is 13.4 Å². The van der Waals surface area contributed by atoms with E-state index in [1.54, 1.807) is 7.05 Å². The van der Waals surface area contributed by atoms with Crippen LogP contribution < -0.4 is 51.4 Å². The van der Waals surface area contributed by atoms with Gasteiger partial charge in [0.25, 0.3) is 0 Å². The summed E-state index contributed by atoms with van der Waals surface area (Å²) >= 11 is 0. The molecule has 0 N–H and O–H groups in total. The van der Waals surface area contributed by atoms with E-state index >= 15 is 0 Å². The van der Waals surface area contributed by atoms with Gasteiger partial charge < -0.3 is 17.8 Å². The third-order valence-corrected chi connectivity index (χ3v) is 2.44. The molecule has 0 aromatic carbocycles. The summed E-state index contributed by atoms with van der Waals surface area (Å²) < 4.78 is 35.9. The molecule has 0 aliphatic heterocycles. The normalized spacial score (nSPS) is 19.2. The second-order valence-electron chi connectivity index (χ2n) is 3.59. The van der Waals surface area contributed by atoms with Crippen LogP contribution in [0.2, 0.25) is 0 Å². The molecule has 0 aromatic rings. The van der Waals surface area contributed by atoms with Gasteiger partial charge in [0.05, 0.1) is 0 Å². The van der Waals surface area contributed by atoms with Crippen molar-refractivity contribution in [3.05, 3.63) is 0 Å². The molecule has 6 heteroatoms. The molecule has 0 bridgehead atoms. The molecule has 0 heterocycles. The van der Waals surface area contributed by atoms with Crippen LogP contribution in [0.1, 0.15) is 25.7 Å². The SMILES string of the molecule is CN(C[B-](F)(F)F)C1CCCC1.[K+]. The Morgan fingerprint density at radius 2 is 1.69 bits per heavy atom. The van der Waals surface area contributed by atoms with Crippen molar-refractivity contribution in [1.82, 2.24) is 4.90 Å². The van der Waals surface area contributed by atoms with Crippen molar-refractivity contribution in [1.29, 1.82) is 0 Å². The average molecular weight is 219 g/mol. The predicted molar refractivity (Wildman–Crippen MR) is 44.0 cm³/mol. The first kappa shape index (κ1) is 14.5. The molecule has 0 spiro atoms. The fraction of sp³-hybridized carbons (Fsp3) is 1.00. The summed E-state index contributed by atoms with van der Waals surface area (Å²) in [6, 6.07) is 0.175. The van der Waals surface area contributed by atoms with E-state index in [4.69, 9.17) is 0 Å². The second kappa shape index (κ2) is 6.13. The van der Waals surface area contributed by atoms with E-state index in [2.05, 4.69) is 0 Å². The van der Waals surface area contributed by atoms with E-state index in [1.807, 2.05) is 0 Å². The van der Waals surface area contributed by atoms with Crippen LogP contribution in [0, 0.1) is 0 Å². The van der Waals surface area contributed by atoms with Gasteiger partial charge in [-0.05, 0) is 26.3 Å². The van der Waals surface area contributed by atoms with Crippen LogP contribution in [0.4, 0.5) is 12.9 Å². The van der Waals surface area contributed by atoms with Gasteiger partial charge in [0, 0.05) is 6.04 Å². The molecule has 1 rings (SSSR count). The van der Waals surface area contributed by atoms with Gasteiger partial charge in [0.15, 0.2) is 0 Å². The summed E-state index contributed by atoms with van der Waals surface area (Å²) in [5, 5.41) is 0. The van der Waals surface area contributed by atoms with Gasteiger partial charge in [-0.2, -0.15) is 0 Å². The molecule has 72 valence electrons. The van der Waals surface area contributed by atoms with Crippen molar-refractivity contribution in [2.45, 2.75) is 31.7 Å². The molecule has 1 aliphatic carbocycles. The molecule has 1 nitrogen and oxygen atoms in total. The Balaban J connectivity index is 0.00000144. The van der Waals surface area contributed by atoms with Crippen LogP contribution in [0.5, 0.6) is 0 Å². The van der Waals surface area contributed by atoms with Crippen LogP contribution in [0.25, 0.3) is 0 Å². The molecule has 0 radical (unpaired) electrons. The standard InChI is InChI=1S/C7H14BF3N.K/c1-12(6-8(9,10)11)7-4-2-3-5-7;/h7H,2-6H2,1H3;/q-1;+1. The largest absolute Gasteiger partial charge is 1.00 e. The van der Waals surface area contributed by atoms with Crippen molar-refractivity contribution in [2.75, 3.05) is 13.5 Å². The van der Waals surface area contributed by atoms with Gasteiger partial charge in [-0.3, -0.25) is 0 Å². The minimum atomic E-state index is -4.64. The van der Waals surface area contributed by atoms with Crippen LogP contribution in [0.3, 0.4) is 0 Å². The van der Waals surface area contributed by atoms with Crippen LogP contribution in [0.15, 0.2) is 0 Å². The molecule has 0 atom stereocenters. The number of halogens is 3. The van der Waals surface area contributed by atoms with Gasteiger partial charge in [-0.1, -0.05) is 12.8 Å². The Morgan fingerprint density at radius 3 is 2.08 bits per heavy atom. The summed E-state index contributed by atoms with van der Waals surface area (Å²) in [6.07, 6.45) is 3.33. The van der Waals surface area contributed by atoms with Crippen LogP contribution in [-0.2, 0) is 0 Å². The fourth-order valence-electron chi connectivity index (χ4n) is 1.82. The maximum Gasteiger partial charge on any atom is 1.00 e. The Morgan fingerprint density at radius 1 is 1.23 bits per heavy atom. The summed E-state index contributed by atoms with van der Waals surface area (Å²) in [4.78, 5) is 1.45. The molecule has 1 fully saturated rings. The van der Waals surface area contributed by atoms with Crippen molar-refractivity contribution < 1.29 is 64.3 Å². The van der Waals surface area contributed by atoms with Gasteiger partial charge in [0.2, 0.25) is 0 Å².